The molecule has 3 rings (SSSR count). The third-order valence-corrected chi connectivity index (χ3v) is 4.44. The first-order valence-electron chi connectivity index (χ1n) is 6.30. The highest BCUT2D eigenvalue weighted by molar-refractivity contribution is 7.99. The van der Waals surface area contributed by atoms with E-state index in [9.17, 15) is 4.79 Å². The molecule has 0 radical (unpaired) electrons. The van der Waals surface area contributed by atoms with Crippen molar-refractivity contribution in [2.45, 2.75) is 11.3 Å². The van der Waals surface area contributed by atoms with Crippen LogP contribution >= 0.6 is 23.4 Å². The molecule has 20 heavy (non-hydrogen) atoms. The summed E-state index contributed by atoms with van der Waals surface area (Å²) in [4.78, 5) is 18.4. The lowest BCUT2D eigenvalue weighted by molar-refractivity contribution is 1.15. The van der Waals surface area contributed by atoms with Gasteiger partial charge in [-0.15, -0.1) is 11.8 Å². The van der Waals surface area contributed by atoms with Gasteiger partial charge in [-0.05, 0) is 30.2 Å². The Hall–Kier alpha value is -1.65. The quantitative estimate of drug-likeness (QED) is 0.719. The van der Waals surface area contributed by atoms with Gasteiger partial charge in [0.25, 0.3) is 5.56 Å². The van der Waals surface area contributed by atoms with E-state index >= 15 is 0 Å². The summed E-state index contributed by atoms with van der Waals surface area (Å²) >= 11 is 7.61. The van der Waals surface area contributed by atoms with Crippen molar-refractivity contribution in [1.82, 2.24) is 9.97 Å². The molecule has 0 saturated carbocycles. The van der Waals surface area contributed by atoms with Gasteiger partial charge in [0.05, 0.1) is 0 Å². The minimum atomic E-state index is -0.0768. The Labute approximate surface area is 125 Å². The maximum absolute atomic E-state index is 11.6. The zero-order valence-electron chi connectivity index (χ0n) is 10.7. The smallest absolute Gasteiger partial charge is 0.272 e. The molecule has 0 aliphatic rings. The van der Waals surface area contributed by atoms with Crippen LogP contribution in [0.15, 0.2) is 52.4 Å². The zero-order chi connectivity index (χ0) is 13.9. The lowest BCUT2D eigenvalue weighted by Gasteiger charge is -2.04. The normalized spacial score (nSPS) is 11.1. The highest BCUT2D eigenvalue weighted by Crippen LogP contribution is 2.25. The first kappa shape index (κ1) is 13.3. The van der Waals surface area contributed by atoms with Crippen LogP contribution < -0.4 is 5.56 Å². The second-order valence-electron chi connectivity index (χ2n) is 4.47. The molecule has 0 saturated heterocycles. The molecule has 5 heteroatoms. The molecule has 2 aromatic heterocycles. The van der Waals surface area contributed by atoms with Gasteiger partial charge in [0.15, 0.2) is 0 Å². The Morgan fingerprint density at radius 3 is 2.70 bits per heavy atom. The van der Waals surface area contributed by atoms with Crippen molar-refractivity contribution in [3.05, 3.63) is 63.7 Å². The fourth-order valence-electron chi connectivity index (χ4n) is 2.09. The van der Waals surface area contributed by atoms with E-state index < -0.39 is 0 Å². The van der Waals surface area contributed by atoms with Crippen molar-refractivity contribution in [3.63, 3.8) is 0 Å². The predicted octanol–water partition coefficient (Wildman–Crippen LogP) is 3.84. The first-order valence-corrected chi connectivity index (χ1v) is 7.66. The number of H-pyrrole nitrogens is 2. The summed E-state index contributed by atoms with van der Waals surface area (Å²) in [5.74, 6) is 0.952. The van der Waals surface area contributed by atoms with Gasteiger partial charge >= 0.3 is 0 Å². The maximum atomic E-state index is 11.6. The lowest BCUT2D eigenvalue weighted by atomic mass is 10.2. The van der Waals surface area contributed by atoms with Crippen molar-refractivity contribution >= 4 is 34.3 Å². The number of pyridine rings is 1. The molecule has 0 spiro atoms. The molecule has 3 aromatic rings. The lowest BCUT2D eigenvalue weighted by Crippen LogP contribution is -2.05. The monoisotopic (exact) mass is 304 g/mol. The third kappa shape index (κ3) is 2.76. The van der Waals surface area contributed by atoms with Crippen LogP contribution in [-0.2, 0) is 6.42 Å². The number of halogens is 1. The number of rotatable bonds is 4. The molecule has 0 unspecified atom stereocenters. The number of nitrogens with one attached hydrogen (secondary N) is 2. The number of fused-ring (bicyclic) bond motifs is 1. The average molecular weight is 305 g/mol. The van der Waals surface area contributed by atoms with Gasteiger partial charge in [-0.1, -0.05) is 23.7 Å². The Morgan fingerprint density at radius 2 is 1.90 bits per heavy atom. The van der Waals surface area contributed by atoms with Gasteiger partial charge in [0, 0.05) is 33.5 Å². The molecule has 1 aromatic carbocycles. The van der Waals surface area contributed by atoms with Gasteiger partial charge in [-0.3, -0.25) is 4.79 Å². The molecule has 2 N–H and O–H groups in total. The highest BCUT2D eigenvalue weighted by atomic mass is 35.5. The summed E-state index contributed by atoms with van der Waals surface area (Å²) in [5, 5.41) is 1.74. The SMILES string of the molecule is O=c1[nH]cc(SCCc2ccc(Cl)cc2)c2cc[nH]c12. The summed E-state index contributed by atoms with van der Waals surface area (Å²) < 4.78 is 0. The van der Waals surface area contributed by atoms with Gasteiger partial charge < -0.3 is 9.97 Å². The molecular weight excluding hydrogens is 292 g/mol. The Kier molecular flexibility index (Phi) is 3.85. The Balaban J connectivity index is 1.71. The van der Waals surface area contributed by atoms with Crippen LogP contribution in [0.1, 0.15) is 5.56 Å². The molecule has 3 nitrogen and oxygen atoms in total. The van der Waals surface area contributed by atoms with Gasteiger partial charge in [-0.2, -0.15) is 0 Å². The van der Waals surface area contributed by atoms with E-state index in [-0.39, 0.29) is 5.56 Å². The predicted molar refractivity (Wildman–Crippen MR) is 84.8 cm³/mol. The van der Waals surface area contributed by atoms with Crippen LogP contribution in [-0.4, -0.2) is 15.7 Å². The number of thioether (sulfide) groups is 1. The topological polar surface area (TPSA) is 48.6 Å². The van der Waals surface area contributed by atoms with E-state index in [1.807, 2.05) is 30.3 Å². The maximum Gasteiger partial charge on any atom is 0.272 e. The van der Waals surface area contributed by atoms with Crippen LogP contribution in [0.4, 0.5) is 0 Å². The van der Waals surface area contributed by atoms with Crippen LogP contribution in [0.2, 0.25) is 5.02 Å². The van der Waals surface area contributed by atoms with E-state index in [0.717, 1.165) is 27.5 Å². The van der Waals surface area contributed by atoms with Gasteiger partial charge in [0.2, 0.25) is 0 Å². The molecule has 102 valence electrons. The van der Waals surface area contributed by atoms with Crippen LogP contribution in [0.25, 0.3) is 10.9 Å². The molecule has 0 fully saturated rings. The molecule has 0 atom stereocenters. The summed E-state index contributed by atoms with van der Waals surface area (Å²) in [6.45, 7) is 0. The van der Waals surface area contributed by atoms with E-state index in [2.05, 4.69) is 9.97 Å². The van der Waals surface area contributed by atoms with E-state index in [0.29, 0.717) is 5.52 Å². The largest absolute Gasteiger partial charge is 0.357 e. The molecule has 2 heterocycles. The summed E-state index contributed by atoms with van der Waals surface area (Å²) in [6, 6.07) is 9.84. The number of aromatic nitrogens is 2. The molecule has 0 bridgehead atoms. The number of aryl methyl sites for hydroxylation is 1. The standard InChI is InChI=1S/C15H13ClN2OS/c16-11-3-1-10(2-4-11)6-8-20-13-9-18-15(19)14-12(13)5-7-17-14/h1-5,7,9,17H,6,8H2,(H,18,19). The zero-order valence-corrected chi connectivity index (χ0v) is 12.2. The summed E-state index contributed by atoms with van der Waals surface area (Å²) in [6.07, 6.45) is 4.54. The molecule has 0 aliphatic heterocycles. The molecular formula is C15H13ClN2OS. The number of hydrogen-bond donors (Lipinski definition) is 2. The van der Waals surface area contributed by atoms with Crippen molar-refractivity contribution in [3.8, 4) is 0 Å². The molecule has 0 aliphatic carbocycles. The Bertz CT molecular complexity index is 776. The minimum absolute atomic E-state index is 0.0768. The van der Waals surface area contributed by atoms with Crippen LogP contribution in [0.5, 0.6) is 0 Å². The van der Waals surface area contributed by atoms with Gasteiger partial charge in [-0.25, -0.2) is 0 Å². The molecule has 0 amide bonds. The number of aromatic amines is 2. The van der Waals surface area contributed by atoms with Crippen LogP contribution in [0, 0.1) is 0 Å². The van der Waals surface area contributed by atoms with E-state index in [1.165, 1.54) is 5.56 Å². The minimum Gasteiger partial charge on any atom is -0.357 e. The summed E-state index contributed by atoms with van der Waals surface area (Å²) in [7, 11) is 0. The van der Waals surface area contributed by atoms with Crippen molar-refractivity contribution < 1.29 is 0 Å². The van der Waals surface area contributed by atoms with Crippen LogP contribution in [0.3, 0.4) is 0 Å². The third-order valence-electron chi connectivity index (χ3n) is 3.14. The van der Waals surface area contributed by atoms with E-state index in [4.69, 9.17) is 11.6 Å². The first-order chi connectivity index (χ1) is 9.74. The van der Waals surface area contributed by atoms with Gasteiger partial charge in [0.1, 0.15) is 5.52 Å². The average Bonchev–Trinajstić information content (AvgIpc) is 2.94. The Morgan fingerprint density at radius 1 is 1.10 bits per heavy atom. The second-order valence-corrected chi connectivity index (χ2v) is 6.05. The van der Waals surface area contributed by atoms with Crippen molar-refractivity contribution in [2.75, 3.05) is 5.75 Å². The fraction of sp³-hybridized carbons (Fsp3) is 0.133. The summed E-state index contributed by atoms with van der Waals surface area (Å²) in [5.41, 5.74) is 1.82. The number of benzene rings is 1. The highest BCUT2D eigenvalue weighted by Gasteiger charge is 2.06. The van der Waals surface area contributed by atoms with Crippen molar-refractivity contribution in [1.29, 1.82) is 0 Å². The van der Waals surface area contributed by atoms with Crippen molar-refractivity contribution in [2.24, 2.45) is 0 Å². The number of hydrogen-bond acceptors (Lipinski definition) is 2. The van der Waals surface area contributed by atoms with E-state index in [1.54, 1.807) is 24.2 Å². The second kappa shape index (κ2) is 5.77. The fourth-order valence-corrected chi connectivity index (χ4v) is 3.24.